The van der Waals surface area contributed by atoms with Gasteiger partial charge >= 0.3 is 0 Å². The van der Waals surface area contributed by atoms with Gasteiger partial charge in [-0.3, -0.25) is 4.79 Å². The maximum absolute atomic E-state index is 12.5. The van der Waals surface area contributed by atoms with Crippen molar-refractivity contribution >= 4 is 23.2 Å². The van der Waals surface area contributed by atoms with Crippen molar-refractivity contribution in [3.63, 3.8) is 0 Å². The molecule has 1 fully saturated rings. The number of tetrazole rings is 1. The Morgan fingerprint density at radius 2 is 2.40 bits per heavy atom. The van der Waals surface area contributed by atoms with E-state index in [1.165, 1.54) is 4.68 Å². The van der Waals surface area contributed by atoms with Gasteiger partial charge in [-0.1, -0.05) is 5.10 Å². The molecule has 2 N–H and O–H groups in total. The van der Waals surface area contributed by atoms with Gasteiger partial charge in [-0.05, 0) is 29.7 Å². The first-order valence-corrected chi connectivity index (χ1v) is 7.34. The molecule has 9 heteroatoms. The van der Waals surface area contributed by atoms with Crippen molar-refractivity contribution in [3.8, 4) is 0 Å². The third-order valence-electron chi connectivity index (χ3n) is 3.40. The lowest BCUT2D eigenvalue weighted by Gasteiger charge is -2.34. The SMILES string of the molecule is Nc1nnnn1CC(=O)N1CCCCC1c1nccs1. The molecule has 0 aliphatic carbocycles. The van der Waals surface area contributed by atoms with Gasteiger partial charge in [0, 0.05) is 18.1 Å². The van der Waals surface area contributed by atoms with Gasteiger partial charge in [0.05, 0.1) is 6.04 Å². The summed E-state index contributed by atoms with van der Waals surface area (Å²) < 4.78 is 1.32. The van der Waals surface area contributed by atoms with Gasteiger partial charge in [0.1, 0.15) is 11.6 Å². The van der Waals surface area contributed by atoms with E-state index in [0.717, 1.165) is 30.8 Å². The maximum atomic E-state index is 12.5. The van der Waals surface area contributed by atoms with Crippen LogP contribution in [0.5, 0.6) is 0 Å². The van der Waals surface area contributed by atoms with Gasteiger partial charge < -0.3 is 10.6 Å². The Bertz CT molecular complexity index is 581. The number of hydrogen-bond donors (Lipinski definition) is 1. The largest absolute Gasteiger partial charge is 0.367 e. The summed E-state index contributed by atoms with van der Waals surface area (Å²) in [5, 5.41) is 13.7. The molecule has 3 heterocycles. The molecule has 2 aromatic rings. The molecule has 0 saturated carbocycles. The van der Waals surface area contributed by atoms with Crippen LogP contribution in [0.4, 0.5) is 5.95 Å². The number of nitrogen functional groups attached to an aromatic ring is 1. The number of piperidine rings is 1. The van der Waals surface area contributed by atoms with Crippen LogP contribution in [-0.4, -0.2) is 42.5 Å². The fourth-order valence-corrected chi connectivity index (χ4v) is 3.21. The fraction of sp³-hybridized carbons (Fsp3) is 0.545. The summed E-state index contributed by atoms with van der Waals surface area (Å²) >= 11 is 1.58. The van der Waals surface area contributed by atoms with Crippen LogP contribution in [0.15, 0.2) is 11.6 Å². The van der Waals surface area contributed by atoms with Gasteiger partial charge in [-0.25, -0.2) is 9.67 Å². The predicted octanol–water partition coefficient (Wildman–Crippen LogP) is 0.466. The van der Waals surface area contributed by atoms with Gasteiger partial charge in [0.2, 0.25) is 11.9 Å². The zero-order chi connectivity index (χ0) is 13.9. The van der Waals surface area contributed by atoms with E-state index in [1.807, 2.05) is 10.3 Å². The molecule has 1 aliphatic heterocycles. The van der Waals surface area contributed by atoms with Crippen LogP contribution in [0.3, 0.4) is 0 Å². The standard InChI is InChI=1S/C11H15N7OS/c12-11-14-15-16-18(11)7-9(19)17-5-2-1-3-8(17)10-13-4-6-20-10/h4,6,8H,1-3,5,7H2,(H2,12,14,16). The zero-order valence-electron chi connectivity index (χ0n) is 10.8. The molecule has 20 heavy (non-hydrogen) atoms. The number of nitrogens with two attached hydrogens (primary N) is 1. The van der Waals surface area contributed by atoms with Crippen LogP contribution in [0.2, 0.25) is 0 Å². The van der Waals surface area contributed by atoms with Gasteiger partial charge in [0.25, 0.3) is 0 Å². The molecule has 0 radical (unpaired) electrons. The van der Waals surface area contributed by atoms with E-state index in [-0.39, 0.29) is 24.4 Å². The van der Waals surface area contributed by atoms with Crippen molar-refractivity contribution < 1.29 is 4.79 Å². The highest BCUT2D eigenvalue weighted by Gasteiger charge is 2.30. The highest BCUT2D eigenvalue weighted by Crippen LogP contribution is 2.32. The molecule has 1 unspecified atom stereocenters. The summed E-state index contributed by atoms with van der Waals surface area (Å²) in [7, 11) is 0. The Labute approximate surface area is 119 Å². The number of nitrogens with zero attached hydrogens (tertiary/aromatic N) is 6. The number of carbonyl (C=O) groups excluding carboxylic acids is 1. The molecule has 3 rings (SSSR count). The Hall–Kier alpha value is -2.03. The van der Waals surface area contributed by atoms with Crippen molar-refractivity contribution in [2.45, 2.75) is 31.8 Å². The third kappa shape index (κ3) is 2.48. The van der Waals surface area contributed by atoms with Gasteiger partial charge in [-0.2, -0.15) is 0 Å². The van der Waals surface area contributed by atoms with E-state index >= 15 is 0 Å². The minimum atomic E-state index is -0.0242. The van der Waals surface area contributed by atoms with Crippen molar-refractivity contribution in [2.75, 3.05) is 12.3 Å². The summed E-state index contributed by atoms with van der Waals surface area (Å²) in [5.41, 5.74) is 5.59. The molecule has 0 aromatic carbocycles. The van der Waals surface area contributed by atoms with Crippen LogP contribution in [0.25, 0.3) is 0 Å². The molecular formula is C11H15N7OS. The third-order valence-corrected chi connectivity index (χ3v) is 4.28. The van der Waals surface area contributed by atoms with E-state index in [9.17, 15) is 4.79 Å². The number of aromatic nitrogens is 5. The Morgan fingerprint density at radius 1 is 1.50 bits per heavy atom. The fourth-order valence-electron chi connectivity index (χ4n) is 2.43. The van der Waals surface area contributed by atoms with Gasteiger partial charge in [0.15, 0.2) is 0 Å². The number of rotatable bonds is 3. The molecule has 0 bridgehead atoms. The smallest absolute Gasteiger partial charge is 0.245 e. The summed E-state index contributed by atoms with van der Waals surface area (Å²) in [6, 6.07) is 0.0638. The summed E-state index contributed by atoms with van der Waals surface area (Å²) in [6.45, 7) is 0.811. The first kappa shape index (κ1) is 13.0. The molecule has 0 spiro atoms. The molecule has 2 aromatic heterocycles. The number of likely N-dealkylation sites (tertiary alicyclic amines) is 1. The molecule has 1 aliphatic rings. The average Bonchev–Trinajstić information content (AvgIpc) is 3.11. The van der Waals surface area contributed by atoms with Crippen molar-refractivity contribution in [1.82, 2.24) is 30.1 Å². The first-order valence-electron chi connectivity index (χ1n) is 6.46. The molecule has 106 valence electrons. The number of amides is 1. The maximum Gasteiger partial charge on any atom is 0.245 e. The first-order chi connectivity index (χ1) is 9.75. The van der Waals surface area contributed by atoms with E-state index in [0.29, 0.717) is 0 Å². The Kier molecular flexibility index (Phi) is 3.59. The molecule has 8 nitrogen and oxygen atoms in total. The quantitative estimate of drug-likeness (QED) is 0.882. The number of hydrogen-bond acceptors (Lipinski definition) is 7. The zero-order valence-corrected chi connectivity index (χ0v) is 11.7. The highest BCUT2D eigenvalue weighted by atomic mass is 32.1. The van der Waals surface area contributed by atoms with E-state index in [4.69, 9.17) is 5.73 Å². The molecular weight excluding hydrogens is 278 g/mol. The van der Waals surface area contributed by atoms with Crippen LogP contribution >= 0.6 is 11.3 Å². The second-order valence-corrected chi connectivity index (χ2v) is 5.59. The van der Waals surface area contributed by atoms with Crippen LogP contribution in [-0.2, 0) is 11.3 Å². The number of thiazole rings is 1. The predicted molar refractivity (Wildman–Crippen MR) is 72.6 cm³/mol. The number of carbonyl (C=O) groups is 1. The summed E-state index contributed by atoms with van der Waals surface area (Å²) in [4.78, 5) is 18.7. The van der Waals surface area contributed by atoms with Crippen molar-refractivity contribution in [1.29, 1.82) is 0 Å². The topological polar surface area (TPSA) is 103 Å². The summed E-state index contributed by atoms with van der Waals surface area (Å²) in [6.07, 6.45) is 4.85. The monoisotopic (exact) mass is 293 g/mol. The van der Waals surface area contributed by atoms with E-state index in [1.54, 1.807) is 17.5 Å². The molecule has 1 atom stereocenters. The normalized spacial score (nSPS) is 19.2. The van der Waals surface area contributed by atoms with Crippen molar-refractivity contribution in [2.24, 2.45) is 0 Å². The summed E-state index contributed by atoms with van der Waals surface area (Å²) in [5.74, 6) is 0.130. The molecule has 1 saturated heterocycles. The Balaban J connectivity index is 1.76. The Morgan fingerprint density at radius 3 is 3.10 bits per heavy atom. The average molecular weight is 293 g/mol. The lowest BCUT2D eigenvalue weighted by molar-refractivity contribution is -0.135. The second-order valence-electron chi connectivity index (χ2n) is 4.66. The minimum absolute atomic E-state index is 0.0242. The van der Waals surface area contributed by atoms with Crippen LogP contribution in [0.1, 0.15) is 30.3 Å². The van der Waals surface area contributed by atoms with Crippen molar-refractivity contribution in [3.05, 3.63) is 16.6 Å². The lowest BCUT2D eigenvalue weighted by Crippen LogP contribution is -2.40. The highest BCUT2D eigenvalue weighted by molar-refractivity contribution is 7.09. The lowest BCUT2D eigenvalue weighted by atomic mass is 10.0. The minimum Gasteiger partial charge on any atom is -0.367 e. The number of anilines is 1. The second kappa shape index (κ2) is 5.53. The van der Waals surface area contributed by atoms with E-state index < -0.39 is 0 Å². The van der Waals surface area contributed by atoms with Crippen LogP contribution in [0, 0.1) is 0 Å². The molecule has 1 amide bonds. The van der Waals surface area contributed by atoms with E-state index in [2.05, 4.69) is 20.5 Å². The van der Waals surface area contributed by atoms with Gasteiger partial charge in [-0.15, -0.1) is 11.3 Å². The van der Waals surface area contributed by atoms with Crippen LogP contribution < -0.4 is 5.73 Å².